The van der Waals surface area contributed by atoms with Gasteiger partial charge in [-0.05, 0) is 11.6 Å². The molecule has 0 aliphatic heterocycles. The largest absolute Gasteiger partial charge is 0.380 e. The number of methoxy groups -OCH3 is 1. The maximum absolute atomic E-state index is 8.74. The van der Waals surface area contributed by atoms with Crippen LogP contribution >= 0.6 is 11.6 Å². The van der Waals surface area contributed by atoms with Crippen LogP contribution in [0.4, 0.5) is 0 Å². The average Bonchev–Trinajstić information content (AvgIpc) is 2.05. The van der Waals surface area contributed by atoms with Crippen LogP contribution in [0.3, 0.4) is 0 Å². The second-order valence-electron chi connectivity index (χ2n) is 2.32. The number of hydrogen-bond donors (Lipinski definition) is 0. The van der Waals surface area contributed by atoms with Crippen LogP contribution in [0.2, 0.25) is 5.02 Å². The monoisotopic (exact) mass is 181 g/mol. The molecule has 0 fully saturated rings. The van der Waals surface area contributed by atoms with Gasteiger partial charge in [-0.25, -0.2) is 0 Å². The Balaban J connectivity index is 3.11. The van der Waals surface area contributed by atoms with Gasteiger partial charge in [-0.1, -0.05) is 23.7 Å². The summed E-state index contributed by atoms with van der Waals surface area (Å²) >= 11 is 5.79. The number of benzene rings is 1. The highest BCUT2D eigenvalue weighted by Gasteiger charge is 2.04. The van der Waals surface area contributed by atoms with E-state index in [1.54, 1.807) is 19.2 Å². The molecule has 1 aromatic rings. The zero-order valence-corrected chi connectivity index (χ0v) is 7.43. The van der Waals surface area contributed by atoms with Crippen molar-refractivity contribution >= 4 is 11.6 Å². The summed E-state index contributed by atoms with van der Waals surface area (Å²) in [6.45, 7) is 0.420. The van der Waals surface area contributed by atoms with Gasteiger partial charge in [-0.2, -0.15) is 5.26 Å². The summed E-state index contributed by atoms with van der Waals surface area (Å²) in [6, 6.07) is 7.36. The van der Waals surface area contributed by atoms with Gasteiger partial charge < -0.3 is 4.74 Å². The number of hydrogen-bond acceptors (Lipinski definition) is 2. The summed E-state index contributed by atoms with van der Waals surface area (Å²) in [7, 11) is 1.59. The molecule has 0 aromatic heterocycles. The minimum Gasteiger partial charge on any atom is -0.380 e. The van der Waals surface area contributed by atoms with E-state index in [0.29, 0.717) is 17.2 Å². The van der Waals surface area contributed by atoms with E-state index in [2.05, 4.69) is 0 Å². The summed E-state index contributed by atoms with van der Waals surface area (Å²) < 4.78 is 4.92. The third-order valence-corrected chi connectivity index (χ3v) is 1.83. The van der Waals surface area contributed by atoms with Crippen LogP contribution < -0.4 is 0 Å². The Morgan fingerprint density at radius 2 is 2.33 bits per heavy atom. The van der Waals surface area contributed by atoms with Crippen LogP contribution in [0.15, 0.2) is 18.2 Å². The van der Waals surface area contributed by atoms with E-state index in [0.717, 1.165) is 5.56 Å². The molecular formula is C9H8ClNO. The molecule has 2 nitrogen and oxygen atoms in total. The van der Waals surface area contributed by atoms with Gasteiger partial charge in [-0.3, -0.25) is 0 Å². The van der Waals surface area contributed by atoms with Gasteiger partial charge in [0.2, 0.25) is 0 Å². The lowest BCUT2D eigenvalue weighted by Crippen LogP contribution is -1.92. The fourth-order valence-corrected chi connectivity index (χ4v) is 1.21. The number of halogens is 1. The van der Waals surface area contributed by atoms with Crippen LogP contribution in [0, 0.1) is 11.3 Å². The first kappa shape index (κ1) is 9.05. The van der Waals surface area contributed by atoms with Gasteiger partial charge in [-0.15, -0.1) is 0 Å². The molecule has 0 spiro atoms. The third kappa shape index (κ3) is 1.76. The molecule has 0 atom stereocenters. The summed E-state index contributed by atoms with van der Waals surface area (Å²) in [4.78, 5) is 0. The topological polar surface area (TPSA) is 33.0 Å². The van der Waals surface area contributed by atoms with Crippen molar-refractivity contribution in [1.82, 2.24) is 0 Å². The van der Waals surface area contributed by atoms with E-state index in [4.69, 9.17) is 21.6 Å². The second kappa shape index (κ2) is 4.10. The minimum atomic E-state index is 0.420. The maximum atomic E-state index is 8.74. The molecule has 1 rings (SSSR count). The Morgan fingerprint density at radius 1 is 1.58 bits per heavy atom. The first-order valence-electron chi connectivity index (χ1n) is 3.46. The van der Waals surface area contributed by atoms with E-state index in [1.165, 1.54) is 0 Å². The first-order valence-corrected chi connectivity index (χ1v) is 3.84. The van der Waals surface area contributed by atoms with Crippen molar-refractivity contribution in [3.8, 4) is 6.07 Å². The molecule has 0 bridgehead atoms. The average molecular weight is 182 g/mol. The molecule has 0 aliphatic rings. The van der Waals surface area contributed by atoms with Gasteiger partial charge in [0.1, 0.15) is 6.07 Å². The standard InChI is InChI=1S/C9H8ClNO/c1-12-6-7-3-2-4-9(10)8(7)5-11/h2-4H,6H2,1H3. The second-order valence-corrected chi connectivity index (χ2v) is 2.73. The molecule has 0 unspecified atom stereocenters. The zero-order valence-electron chi connectivity index (χ0n) is 6.67. The lowest BCUT2D eigenvalue weighted by molar-refractivity contribution is 0.184. The van der Waals surface area contributed by atoms with E-state index >= 15 is 0 Å². The molecule has 0 saturated heterocycles. The number of nitrogens with zero attached hydrogens (tertiary/aromatic N) is 1. The predicted molar refractivity (Wildman–Crippen MR) is 46.9 cm³/mol. The van der Waals surface area contributed by atoms with Crippen molar-refractivity contribution in [1.29, 1.82) is 5.26 Å². The Hall–Kier alpha value is -1.04. The van der Waals surface area contributed by atoms with Crippen LogP contribution in [-0.2, 0) is 11.3 Å². The Kier molecular flexibility index (Phi) is 3.09. The van der Waals surface area contributed by atoms with Gasteiger partial charge in [0, 0.05) is 7.11 Å². The Labute approximate surface area is 76.3 Å². The number of rotatable bonds is 2. The van der Waals surface area contributed by atoms with Crippen molar-refractivity contribution in [2.24, 2.45) is 0 Å². The molecule has 1 aromatic carbocycles. The number of nitriles is 1. The maximum Gasteiger partial charge on any atom is 0.101 e. The van der Waals surface area contributed by atoms with E-state index in [-0.39, 0.29) is 0 Å². The molecule has 0 heterocycles. The highest BCUT2D eigenvalue weighted by atomic mass is 35.5. The van der Waals surface area contributed by atoms with Crippen molar-refractivity contribution in [2.75, 3.05) is 7.11 Å². The molecule has 0 N–H and O–H groups in total. The van der Waals surface area contributed by atoms with Gasteiger partial charge in [0.15, 0.2) is 0 Å². The summed E-state index contributed by atoms with van der Waals surface area (Å²) in [5.74, 6) is 0. The van der Waals surface area contributed by atoms with Crippen LogP contribution in [0.25, 0.3) is 0 Å². The summed E-state index contributed by atoms with van der Waals surface area (Å²) in [5, 5.41) is 9.21. The van der Waals surface area contributed by atoms with Gasteiger partial charge >= 0.3 is 0 Å². The molecule has 12 heavy (non-hydrogen) atoms. The SMILES string of the molecule is COCc1cccc(Cl)c1C#N. The van der Waals surface area contributed by atoms with E-state index in [9.17, 15) is 0 Å². The summed E-state index contributed by atoms with van der Waals surface area (Å²) in [6.07, 6.45) is 0. The lowest BCUT2D eigenvalue weighted by Gasteiger charge is -2.02. The van der Waals surface area contributed by atoms with Crippen molar-refractivity contribution in [3.05, 3.63) is 34.3 Å². The number of ether oxygens (including phenoxy) is 1. The predicted octanol–water partition coefficient (Wildman–Crippen LogP) is 2.36. The smallest absolute Gasteiger partial charge is 0.101 e. The van der Waals surface area contributed by atoms with Crippen LogP contribution in [0.5, 0.6) is 0 Å². The Bertz CT molecular complexity index is 317. The van der Waals surface area contributed by atoms with Crippen molar-refractivity contribution in [3.63, 3.8) is 0 Å². The molecule has 3 heteroatoms. The zero-order chi connectivity index (χ0) is 8.97. The fourth-order valence-electron chi connectivity index (χ4n) is 0.970. The highest BCUT2D eigenvalue weighted by Crippen LogP contribution is 2.19. The molecule has 0 saturated carbocycles. The molecule has 0 amide bonds. The Morgan fingerprint density at radius 3 is 2.92 bits per heavy atom. The molecule has 0 aliphatic carbocycles. The molecule has 62 valence electrons. The van der Waals surface area contributed by atoms with E-state index in [1.807, 2.05) is 12.1 Å². The lowest BCUT2D eigenvalue weighted by atomic mass is 10.1. The van der Waals surface area contributed by atoms with Crippen LogP contribution in [0.1, 0.15) is 11.1 Å². The highest BCUT2D eigenvalue weighted by molar-refractivity contribution is 6.31. The normalized spacial score (nSPS) is 9.42. The third-order valence-electron chi connectivity index (χ3n) is 1.51. The fraction of sp³-hybridized carbons (Fsp3) is 0.222. The van der Waals surface area contributed by atoms with Crippen LogP contribution in [-0.4, -0.2) is 7.11 Å². The van der Waals surface area contributed by atoms with Crippen molar-refractivity contribution in [2.45, 2.75) is 6.61 Å². The van der Waals surface area contributed by atoms with Gasteiger partial charge in [0.05, 0.1) is 17.2 Å². The molecule has 0 radical (unpaired) electrons. The first-order chi connectivity index (χ1) is 5.79. The molecular weight excluding hydrogens is 174 g/mol. The van der Waals surface area contributed by atoms with Gasteiger partial charge in [0.25, 0.3) is 0 Å². The van der Waals surface area contributed by atoms with Crippen molar-refractivity contribution < 1.29 is 4.74 Å². The van der Waals surface area contributed by atoms with E-state index < -0.39 is 0 Å². The summed E-state index contributed by atoms with van der Waals surface area (Å²) in [5.41, 5.74) is 1.33. The minimum absolute atomic E-state index is 0.420. The quantitative estimate of drug-likeness (QED) is 0.702.